The summed E-state index contributed by atoms with van der Waals surface area (Å²) in [6.07, 6.45) is 1.43. The predicted molar refractivity (Wildman–Crippen MR) is 97.4 cm³/mol. The molecule has 0 amide bonds. The number of para-hydroxylation sites is 2. The molecule has 0 aliphatic rings. The van der Waals surface area contributed by atoms with E-state index in [0.29, 0.717) is 28.9 Å². The molecular formula is C20H16N2O3. The van der Waals surface area contributed by atoms with Gasteiger partial charge in [-0.15, -0.1) is 0 Å². The Balaban J connectivity index is 2.18. The maximum atomic E-state index is 13.2. The van der Waals surface area contributed by atoms with Crippen molar-refractivity contribution in [1.29, 1.82) is 0 Å². The lowest BCUT2D eigenvalue weighted by atomic mass is 10.2. The van der Waals surface area contributed by atoms with Crippen molar-refractivity contribution in [2.75, 3.05) is 0 Å². The van der Waals surface area contributed by atoms with Crippen molar-refractivity contribution in [1.82, 2.24) is 9.55 Å². The van der Waals surface area contributed by atoms with Gasteiger partial charge in [-0.3, -0.25) is 14.2 Å². The van der Waals surface area contributed by atoms with Crippen LogP contribution in [0.4, 0.5) is 0 Å². The largest absolute Gasteiger partial charge is 0.437 e. The lowest BCUT2D eigenvalue weighted by Gasteiger charge is -2.12. The lowest BCUT2D eigenvalue weighted by molar-refractivity contribution is 0.630. The molecule has 0 saturated carbocycles. The van der Waals surface area contributed by atoms with Gasteiger partial charge >= 0.3 is 0 Å². The molecule has 2 heterocycles. The Morgan fingerprint density at radius 1 is 1.00 bits per heavy atom. The van der Waals surface area contributed by atoms with E-state index < -0.39 is 0 Å². The third-order valence-electron chi connectivity index (χ3n) is 4.17. The second-order valence-corrected chi connectivity index (χ2v) is 5.86. The summed E-state index contributed by atoms with van der Waals surface area (Å²) in [7, 11) is 0. The second kappa shape index (κ2) is 6.02. The Bertz CT molecular complexity index is 1190. The van der Waals surface area contributed by atoms with Gasteiger partial charge < -0.3 is 4.42 Å². The monoisotopic (exact) mass is 332 g/mol. The molecule has 0 N–H and O–H groups in total. The van der Waals surface area contributed by atoms with Crippen LogP contribution in [0.3, 0.4) is 0 Å². The summed E-state index contributed by atoms with van der Waals surface area (Å²) < 4.78 is 7.27. The third-order valence-corrected chi connectivity index (χ3v) is 4.17. The number of fused-ring (bicyclic) bond motifs is 2. The zero-order chi connectivity index (χ0) is 17.4. The molecule has 25 heavy (non-hydrogen) atoms. The van der Waals surface area contributed by atoms with Gasteiger partial charge in [0, 0.05) is 6.42 Å². The van der Waals surface area contributed by atoms with E-state index in [1.807, 2.05) is 37.3 Å². The molecule has 0 radical (unpaired) electrons. The molecule has 5 nitrogen and oxygen atoms in total. The molecule has 0 bridgehead atoms. The fourth-order valence-electron chi connectivity index (χ4n) is 3.03. The summed E-state index contributed by atoms with van der Waals surface area (Å²) >= 11 is 0. The van der Waals surface area contributed by atoms with E-state index in [-0.39, 0.29) is 22.1 Å². The first-order chi connectivity index (χ1) is 12.2. The zero-order valence-corrected chi connectivity index (χ0v) is 13.7. The van der Waals surface area contributed by atoms with Gasteiger partial charge in [-0.1, -0.05) is 37.3 Å². The topological polar surface area (TPSA) is 65.1 Å². The number of hydrogen-bond donors (Lipinski definition) is 0. The molecule has 2 aromatic carbocycles. The van der Waals surface area contributed by atoms with E-state index in [1.165, 1.54) is 4.57 Å². The molecule has 0 saturated heterocycles. The van der Waals surface area contributed by atoms with Crippen LogP contribution in [-0.4, -0.2) is 9.55 Å². The van der Waals surface area contributed by atoms with Crippen molar-refractivity contribution in [3.8, 4) is 5.69 Å². The van der Waals surface area contributed by atoms with Crippen LogP contribution in [0.2, 0.25) is 0 Å². The van der Waals surface area contributed by atoms with Gasteiger partial charge in [-0.05, 0) is 30.7 Å². The van der Waals surface area contributed by atoms with Crippen LogP contribution < -0.4 is 11.0 Å². The van der Waals surface area contributed by atoms with E-state index in [9.17, 15) is 9.59 Å². The molecule has 2 aromatic heterocycles. The molecule has 4 rings (SSSR count). The van der Waals surface area contributed by atoms with Crippen molar-refractivity contribution in [2.45, 2.75) is 19.8 Å². The van der Waals surface area contributed by atoms with Crippen LogP contribution in [0.1, 0.15) is 19.2 Å². The molecule has 124 valence electrons. The van der Waals surface area contributed by atoms with Crippen LogP contribution in [0.5, 0.6) is 0 Å². The Morgan fingerprint density at radius 3 is 2.48 bits per heavy atom. The summed E-state index contributed by atoms with van der Waals surface area (Å²) in [5.41, 5.74) is 0.496. The molecule has 0 fully saturated rings. The fraction of sp³-hybridized carbons (Fsp3) is 0.150. The average Bonchev–Trinajstić information content (AvgIpc) is 2.63. The number of nitrogens with zero attached hydrogens (tertiary/aromatic N) is 2. The predicted octanol–water partition coefficient (Wildman–Crippen LogP) is 3.44. The van der Waals surface area contributed by atoms with Crippen molar-refractivity contribution in [3.63, 3.8) is 0 Å². The minimum atomic E-state index is -0.390. The number of aromatic nitrogens is 2. The number of rotatable bonds is 3. The molecule has 0 aliphatic carbocycles. The minimum Gasteiger partial charge on any atom is -0.437 e. The summed E-state index contributed by atoms with van der Waals surface area (Å²) in [6, 6.07) is 16.1. The highest BCUT2D eigenvalue weighted by atomic mass is 16.3. The highest BCUT2D eigenvalue weighted by molar-refractivity contribution is 5.87. The van der Waals surface area contributed by atoms with Crippen molar-refractivity contribution in [2.24, 2.45) is 0 Å². The van der Waals surface area contributed by atoms with Crippen LogP contribution in [0, 0.1) is 0 Å². The Labute approximate surface area is 143 Å². The Kier molecular flexibility index (Phi) is 3.69. The van der Waals surface area contributed by atoms with E-state index >= 15 is 0 Å². The molecular weight excluding hydrogens is 316 g/mol. The van der Waals surface area contributed by atoms with Crippen LogP contribution in [0.15, 0.2) is 68.6 Å². The van der Waals surface area contributed by atoms with E-state index in [1.54, 1.807) is 24.3 Å². The fourth-order valence-corrected chi connectivity index (χ4v) is 3.03. The van der Waals surface area contributed by atoms with Gasteiger partial charge in [-0.25, -0.2) is 0 Å². The number of benzene rings is 2. The SMILES string of the molecule is CCCc1nc2oc3ccccc3c(=O)c2c(=O)n1-c1ccccc1. The lowest BCUT2D eigenvalue weighted by Crippen LogP contribution is -2.27. The van der Waals surface area contributed by atoms with Gasteiger partial charge in [0.15, 0.2) is 5.39 Å². The maximum Gasteiger partial charge on any atom is 0.273 e. The first kappa shape index (κ1) is 15.3. The highest BCUT2D eigenvalue weighted by Gasteiger charge is 2.18. The van der Waals surface area contributed by atoms with E-state index in [0.717, 1.165) is 6.42 Å². The quantitative estimate of drug-likeness (QED) is 0.539. The van der Waals surface area contributed by atoms with Crippen molar-refractivity contribution >= 4 is 22.1 Å². The van der Waals surface area contributed by atoms with Crippen LogP contribution >= 0.6 is 0 Å². The number of aryl methyl sites for hydroxylation is 1. The van der Waals surface area contributed by atoms with Crippen molar-refractivity contribution < 1.29 is 4.42 Å². The van der Waals surface area contributed by atoms with E-state index in [2.05, 4.69) is 4.98 Å². The molecule has 0 atom stereocenters. The summed E-state index contributed by atoms with van der Waals surface area (Å²) in [5.74, 6) is 0.588. The maximum absolute atomic E-state index is 13.2. The van der Waals surface area contributed by atoms with Crippen molar-refractivity contribution in [3.05, 3.63) is 81.0 Å². The molecule has 5 heteroatoms. The van der Waals surface area contributed by atoms with Crippen LogP contribution in [0.25, 0.3) is 27.8 Å². The first-order valence-corrected chi connectivity index (χ1v) is 8.23. The first-order valence-electron chi connectivity index (χ1n) is 8.23. The Hall–Kier alpha value is -3.21. The zero-order valence-electron chi connectivity index (χ0n) is 13.7. The Morgan fingerprint density at radius 2 is 1.72 bits per heavy atom. The smallest absolute Gasteiger partial charge is 0.273 e. The third kappa shape index (κ3) is 2.45. The number of hydrogen-bond acceptors (Lipinski definition) is 4. The average molecular weight is 332 g/mol. The summed E-state index contributed by atoms with van der Waals surface area (Å²) in [4.78, 5) is 30.5. The molecule has 0 unspecified atom stereocenters. The minimum absolute atomic E-state index is 0.0117. The molecule has 0 spiro atoms. The molecule has 0 aliphatic heterocycles. The van der Waals surface area contributed by atoms with Crippen LogP contribution in [-0.2, 0) is 6.42 Å². The van der Waals surface area contributed by atoms with E-state index in [4.69, 9.17) is 4.42 Å². The molecule has 4 aromatic rings. The van der Waals surface area contributed by atoms with Gasteiger partial charge in [0.25, 0.3) is 5.56 Å². The highest BCUT2D eigenvalue weighted by Crippen LogP contribution is 2.17. The van der Waals surface area contributed by atoms with Gasteiger partial charge in [0.1, 0.15) is 11.4 Å². The summed E-state index contributed by atoms with van der Waals surface area (Å²) in [6.45, 7) is 2.02. The normalized spacial score (nSPS) is 11.2. The summed E-state index contributed by atoms with van der Waals surface area (Å²) in [5, 5.41) is 0.374. The standard InChI is InChI=1S/C20H16N2O3/c1-2-8-16-21-19-17(18(23)14-11-6-7-12-15(14)25-19)20(24)22(16)13-9-4-3-5-10-13/h3-7,9-12H,2,8H2,1H3. The van der Waals surface area contributed by atoms with Gasteiger partial charge in [-0.2, -0.15) is 4.98 Å². The van der Waals surface area contributed by atoms with Gasteiger partial charge in [0.05, 0.1) is 11.1 Å². The van der Waals surface area contributed by atoms with Gasteiger partial charge in [0.2, 0.25) is 11.1 Å². The second-order valence-electron chi connectivity index (χ2n) is 5.86.